The van der Waals surface area contributed by atoms with Gasteiger partial charge in [-0.25, -0.2) is 0 Å². The molecular weight excluding hydrogens is 571 g/mol. The Balaban J connectivity index is 1.34. The SMILES string of the molecule is [2H]c1c([2H])c2c(c([2H])c1N(c1ccc(-c3ccccc3)cc1)c1ccc(-c3ccccc3)cc1)-c1c(c([2H])c([2H])c3c1oc1c([2H])c([2H])c([2H])c([2H])c13)C2(C)C. The third kappa shape index (κ3) is 4.40. The zero-order valence-electron chi connectivity index (χ0n) is 34.7. The van der Waals surface area contributed by atoms with Gasteiger partial charge in [-0.3, -0.25) is 0 Å². The molecule has 1 aliphatic rings. The van der Waals surface area contributed by atoms with Crippen LogP contribution in [0.1, 0.15) is 37.3 Å². The average Bonchev–Trinajstić information content (AvgIpc) is 3.73. The van der Waals surface area contributed by atoms with E-state index in [4.69, 9.17) is 11.3 Å². The Hall–Kier alpha value is -5.86. The smallest absolute Gasteiger partial charge is 0.143 e. The summed E-state index contributed by atoms with van der Waals surface area (Å²) < 4.78 is 88.0. The third-order valence-corrected chi connectivity index (χ3v) is 9.11. The van der Waals surface area contributed by atoms with Crippen LogP contribution in [0.2, 0.25) is 0 Å². The second-order valence-electron chi connectivity index (χ2n) is 12.3. The summed E-state index contributed by atoms with van der Waals surface area (Å²) in [6.07, 6.45) is 0. The van der Waals surface area contributed by atoms with Crippen LogP contribution in [0.25, 0.3) is 55.3 Å². The fraction of sp³-hybridized carbons (Fsp3) is 0.0667. The molecule has 9 rings (SSSR count). The molecule has 0 spiro atoms. The van der Waals surface area contributed by atoms with Gasteiger partial charge in [-0.15, -0.1) is 0 Å². The van der Waals surface area contributed by atoms with Gasteiger partial charge in [0.1, 0.15) is 11.2 Å². The van der Waals surface area contributed by atoms with Gasteiger partial charge in [-0.1, -0.05) is 135 Å². The summed E-state index contributed by atoms with van der Waals surface area (Å²) in [6, 6.07) is 32.9. The van der Waals surface area contributed by atoms with Crippen molar-refractivity contribution in [3.8, 4) is 33.4 Å². The highest BCUT2D eigenvalue weighted by atomic mass is 16.3. The molecule has 0 bridgehead atoms. The average molecular weight is 613 g/mol. The van der Waals surface area contributed by atoms with Gasteiger partial charge in [0, 0.05) is 38.8 Å². The van der Waals surface area contributed by atoms with E-state index >= 15 is 0 Å². The van der Waals surface area contributed by atoms with Crippen molar-refractivity contribution in [2.75, 3.05) is 4.90 Å². The molecule has 0 fully saturated rings. The summed E-state index contributed by atoms with van der Waals surface area (Å²) in [7, 11) is 0. The lowest BCUT2D eigenvalue weighted by atomic mass is 9.82. The largest absolute Gasteiger partial charge is 0.455 e. The van der Waals surface area contributed by atoms with E-state index in [1.54, 1.807) is 18.7 Å². The number of hydrogen-bond acceptors (Lipinski definition) is 2. The molecule has 0 unspecified atom stereocenters. The number of rotatable bonds is 5. The zero-order valence-corrected chi connectivity index (χ0v) is 25.7. The molecule has 0 radical (unpaired) electrons. The van der Waals surface area contributed by atoms with Gasteiger partial charge in [0.25, 0.3) is 0 Å². The predicted octanol–water partition coefficient (Wildman–Crippen LogP) is 12.7. The summed E-state index contributed by atoms with van der Waals surface area (Å²) >= 11 is 0. The zero-order chi connectivity index (χ0) is 39.4. The number of hydrogen-bond donors (Lipinski definition) is 0. The fourth-order valence-corrected chi connectivity index (χ4v) is 6.69. The van der Waals surface area contributed by atoms with Crippen molar-refractivity contribution >= 4 is 39.0 Å². The fourth-order valence-electron chi connectivity index (χ4n) is 6.69. The lowest BCUT2D eigenvalue weighted by molar-refractivity contribution is 0.653. The number of fused-ring (bicyclic) bond motifs is 7. The van der Waals surface area contributed by atoms with E-state index in [1.165, 1.54) is 0 Å². The molecule has 2 heteroatoms. The minimum absolute atomic E-state index is 0.00726. The monoisotopic (exact) mass is 612 g/mol. The van der Waals surface area contributed by atoms with Crippen molar-refractivity contribution in [1.82, 2.24) is 0 Å². The highest BCUT2D eigenvalue weighted by Gasteiger charge is 2.38. The number of para-hydroxylation sites is 1. The molecule has 47 heavy (non-hydrogen) atoms. The van der Waals surface area contributed by atoms with Crippen molar-refractivity contribution in [2.45, 2.75) is 19.3 Å². The van der Waals surface area contributed by atoms with Crippen molar-refractivity contribution < 1.29 is 16.8 Å². The van der Waals surface area contributed by atoms with Gasteiger partial charge < -0.3 is 9.32 Å². The summed E-state index contributed by atoms with van der Waals surface area (Å²) in [4.78, 5) is 1.80. The topological polar surface area (TPSA) is 16.4 Å². The molecule has 0 saturated heterocycles. The first kappa shape index (κ1) is 19.6. The first-order valence-electron chi connectivity index (χ1n) is 20.0. The molecule has 7 aromatic carbocycles. The van der Waals surface area contributed by atoms with E-state index in [9.17, 15) is 5.48 Å². The summed E-state index contributed by atoms with van der Waals surface area (Å²) in [6.45, 7) is 3.61. The van der Waals surface area contributed by atoms with Crippen LogP contribution < -0.4 is 4.90 Å². The maximum Gasteiger partial charge on any atom is 0.143 e. The van der Waals surface area contributed by atoms with E-state index in [2.05, 4.69) is 0 Å². The second-order valence-corrected chi connectivity index (χ2v) is 12.3. The highest BCUT2D eigenvalue weighted by molar-refractivity contribution is 6.12. The number of benzene rings is 7. The maximum atomic E-state index is 10.0. The van der Waals surface area contributed by atoms with Crippen LogP contribution in [0.3, 0.4) is 0 Å². The number of anilines is 3. The minimum atomic E-state index is -1.11. The molecule has 0 saturated carbocycles. The summed E-state index contributed by atoms with van der Waals surface area (Å²) in [5, 5.41) is 0.0406. The normalized spacial score (nSPS) is 15.7. The van der Waals surface area contributed by atoms with Gasteiger partial charge >= 0.3 is 0 Å². The molecule has 2 nitrogen and oxygen atoms in total. The molecule has 8 aromatic rings. The van der Waals surface area contributed by atoms with E-state index in [0.717, 1.165) is 22.3 Å². The van der Waals surface area contributed by atoms with Crippen molar-refractivity contribution in [1.29, 1.82) is 0 Å². The molecule has 1 aromatic heterocycles. The molecule has 0 aliphatic heterocycles. The first-order chi connectivity index (χ1) is 26.8. The number of furan rings is 1. The van der Waals surface area contributed by atoms with Gasteiger partial charge in [-0.05, 0) is 81.3 Å². The van der Waals surface area contributed by atoms with Gasteiger partial charge in [0.15, 0.2) is 0 Å². The van der Waals surface area contributed by atoms with E-state index < -0.39 is 23.5 Å². The Morgan fingerprint density at radius 2 is 1.09 bits per heavy atom. The van der Waals surface area contributed by atoms with Crippen LogP contribution in [0, 0.1) is 0 Å². The summed E-state index contributed by atoms with van der Waals surface area (Å²) in [5.41, 5.74) is 5.47. The Bertz CT molecular complexity index is 2820. The second kappa shape index (κ2) is 10.6. The van der Waals surface area contributed by atoms with Crippen LogP contribution in [-0.4, -0.2) is 0 Å². The third-order valence-electron chi connectivity index (χ3n) is 9.11. The van der Waals surface area contributed by atoms with Gasteiger partial charge in [0.05, 0.1) is 12.3 Å². The quantitative estimate of drug-likeness (QED) is 0.192. The van der Waals surface area contributed by atoms with E-state index in [-0.39, 0.29) is 75.0 Å². The molecule has 0 N–H and O–H groups in total. The molecule has 224 valence electrons. The summed E-state index contributed by atoms with van der Waals surface area (Å²) in [5.74, 6) is 0. The Morgan fingerprint density at radius 1 is 0.532 bits per heavy atom. The molecule has 1 heterocycles. The van der Waals surface area contributed by atoms with Crippen molar-refractivity contribution in [3.63, 3.8) is 0 Å². The lowest BCUT2D eigenvalue weighted by Gasteiger charge is -2.27. The Morgan fingerprint density at radius 3 is 1.70 bits per heavy atom. The van der Waals surface area contributed by atoms with Crippen LogP contribution in [0.4, 0.5) is 17.1 Å². The van der Waals surface area contributed by atoms with Crippen LogP contribution in [0.15, 0.2) is 168 Å². The van der Waals surface area contributed by atoms with E-state index in [0.29, 0.717) is 22.5 Å². The van der Waals surface area contributed by atoms with Gasteiger partial charge in [0.2, 0.25) is 0 Å². The van der Waals surface area contributed by atoms with Crippen LogP contribution in [0.5, 0.6) is 0 Å². The Labute approximate surface area is 287 Å². The van der Waals surface area contributed by atoms with Crippen molar-refractivity contribution in [3.05, 3.63) is 175 Å². The maximum absolute atomic E-state index is 10.0. The molecular formula is C45H33NO. The molecule has 0 amide bonds. The van der Waals surface area contributed by atoms with E-state index in [1.807, 2.05) is 109 Å². The molecule has 1 aliphatic carbocycles. The molecule has 0 atom stereocenters. The first-order valence-corrected chi connectivity index (χ1v) is 15.5. The Kier molecular flexibility index (Phi) is 4.43. The lowest BCUT2D eigenvalue weighted by Crippen LogP contribution is -2.15. The van der Waals surface area contributed by atoms with Crippen LogP contribution >= 0.6 is 0 Å². The van der Waals surface area contributed by atoms with Crippen molar-refractivity contribution in [2.24, 2.45) is 0 Å². The minimum Gasteiger partial charge on any atom is -0.455 e. The standard InChI is InChI=1S/C45H33NO/c1-45(2)40-27-25-36(29-39(40)43-41(45)28-26-38-37-15-9-10-16-42(37)47-44(38)43)46(34-21-17-32(18-22-34)30-11-5-3-6-12-30)35-23-19-33(20-24-35)31-13-7-4-8-14-31/h3-29H,1-2H3/i9D,10D,15D,16D,25D,26D,27D,28D,29D. The van der Waals surface area contributed by atoms with Crippen LogP contribution in [-0.2, 0) is 5.41 Å². The highest BCUT2D eigenvalue weighted by Crippen LogP contribution is 2.54. The predicted molar refractivity (Wildman–Crippen MR) is 197 cm³/mol. The number of nitrogens with zero attached hydrogens (tertiary/aromatic N) is 1. The van der Waals surface area contributed by atoms with Gasteiger partial charge in [-0.2, -0.15) is 0 Å².